The van der Waals surface area contributed by atoms with Crippen LogP contribution in [-0.2, 0) is 0 Å². The fraction of sp³-hybridized carbons (Fsp3) is 1.00. The first-order chi connectivity index (χ1) is 9.18. The molecule has 1 unspecified atom stereocenters. The summed E-state index contributed by atoms with van der Waals surface area (Å²) in [6.45, 7) is 8.72. The molecule has 0 aromatic rings. The summed E-state index contributed by atoms with van der Waals surface area (Å²) in [5, 5.41) is 1.16. The highest BCUT2D eigenvalue weighted by molar-refractivity contribution is 9.09. The smallest absolute Gasteiger partial charge is 0.0792 e. The molecule has 124 valence electrons. The van der Waals surface area contributed by atoms with Crippen molar-refractivity contribution in [1.29, 1.82) is 0 Å². The van der Waals surface area contributed by atoms with Crippen LogP contribution in [0.25, 0.3) is 0 Å². The number of hydrogen-bond acceptors (Lipinski definition) is 0. The Kier molecular flexibility index (Phi) is 18.9. The summed E-state index contributed by atoms with van der Waals surface area (Å²) in [6, 6.07) is 0. The van der Waals surface area contributed by atoms with Crippen molar-refractivity contribution in [3.63, 3.8) is 0 Å². The van der Waals surface area contributed by atoms with Crippen molar-refractivity contribution in [2.24, 2.45) is 0 Å². The predicted octanol–water partition coefficient (Wildman–Crippen LogP) is 2.77. The number of rotatable bonds is 14. The summed E-state index contributed by atoms with van der Waals surface area (Å²) < 4.78 is 1.30. The van der Waals surface area contributed by atoms with Crippen LogP contribution in [0, 0.1) is 0 Å². The molecule has 3 heteroatoms. The van der Waals surface area contributed by atoms with Crippen molar-refractivity contribution < 1.29 is 21.5 Å². The monoisotopic (exact) mass is 413 g/mol. The number of alkyl halides is 1. The van der Waals surface area contributed by atoms with Gasteiger partial charge in [0.2, 0.25) is 0 Å². The van der Waals surface area contributed by atoms with Gasteiger partial charge in [0.25, 0.3) is 0 Å². The molecule has 1 atom stereocenters. The van der Waals surface area contributed by atoms with Crippen LogP contribution in [-0.4, -0.2) is 36.5 Å². The normalized spacial score (nSPS) is 13.8. The van der Waals surface area contributed by atoms with Gasteiger partial charge in [0, 0.05) is 11.8 Å². The molecule has 0 aromatic heterocycles. The molecule has 0 bridgehead atoms. The quantitative estimate of drug-likeness (QED) is 0.233. The van der Waals surface area contributed by atoms with Crippen molar-refractivity contribution in [2.45, 2.75) is 78.1 Å². The summed E-state index contributed by atoms with van der Waals surface area (Å²) >= 11 is 3.58. The summed E-state index contributed by atoms with van der Waals surface area (Å²) in [6.07, 6.45) is 14.0. The van der Waals surface area contributed by atoms with E-state index in [-0.39, 0.29) is 17.0 Å². The van der Waals surface area contributed by atoms with Crippen molar-refractivity contribution in [3.8, 4) is 0 Å². The third kappa shape index (κ3) is 13.9. The van der Waals surface area contributed by atoms with Crippen LogP contribution in [0.1, 0.15) is 78.1 Å². The molecule has 20 heavy (non-hydrogen) atoms. The zero-order valence-corrected chi connectivity index (χ0v) is 17.3. The van der Waals surface area contributed by atoms with E-state index in [1.54, 1.807) is 0 Å². The Bertz CT molecular complexity index is 188. The lowest BCUT2D eigenvalue weighted by Gasteiger charge is -2.35. The second-order valence-corrected chi connectivity index (χ2v) is 7.10. The van der Waals surface area contributed by atoms with Crippen molar-refractivity contribution in [2.75, 3.05) is 32.0 Å². The highest BCUT2D eigenvalue weighted by atomic mass is 79.9. The number of quaternary nitrogens is 1. The van der Waals surface area contributed by atoms with E-state index in [2.05, 4.69) is 36.8 Å². The number of unbranched alkanes of at least 4 members (excludes halogenated alkanes) is 7. The van der Waals surface area contributed by atoms with E-state index in [9.17, 15) is 0 Å². The van der Waals surface area contributed by atoms with Gasteiger partial charge in [0.15, 0.2) is 0 Å². The summed E-state index contributed by atoms with van der Waals surface area (Å²) in [5.74, 6) is 0. The van der Waals surface area contributed by atoms with Crippen LogP contribution in [0.5, 0.6) is 0 Å². The van der Waals surface area contributed by atoms with E-state index in [0.29, 0.717) is 0 Å². The second kappa shape index (κ2) is 16.3. The minimum Gasteiger partial charge on any atom is -1.00 e. The molecule has 0 saturated carbocycles. The molecule has 0 rings (SSSR count). The maximum atomic E-state index is 3.58. The minimum atomic E-state index is 0. The van der Waals surface area contributed by atoms with Gasteiger partial charge in [-0.25, -0.2) is 0 Å². The van der Waals surface area contributed by atoms with Gasteiger partial charge in [-0.15, -0.1) is 0 Å². The van der Waals surface area contributed by atoms with Crippen molar-refractivity contribution in [1.82, 2.24) is 0 Å². The van der Waals surface area contributed by atoms with Gasteiger partial charge in [0.1, 0.15) is 0 Å². The van der Waals surface area contributed by atoms with Crippen LogP contribution >= 0.6 is 15.9 Å². The van der Waals surface area contributed by atoms with Gasteiger partial charge >= 0.3 is 0 Å². The standard InChI is InChI=1S/C17H37BrN.BrH/c1-4-6-8-9-10-12-16-19(3,17-13-14-18)15-11-7-5-2;/h4-17H2,1-3H3;1H/q+1;/p-1. The molecule has 0 aromatic carbocycles. The first-order valence-corrected chi connectivity index (χ1v) is 9.70. The Hall–Kier alpha value is 0.920. The highest BCUT2D eigenvalue weighted by Crippen LogP contribution is 2.13. The van der Waals surface area contributed by atoms with E-state index < -0.39 is 0 Å². The van der Waals surface area contributed by atoms with Crippen LogP contribution in [0.3, 0.4) is 0 Å². The first kappa shape index (κ1) is 23.2. The molecule has 0 amide bonds. The number of nitrogens with zero attached hydrogens (tertiary/aromatic N) is 1. The third-order valence-corrected chi connectivity index (χ3v) is 4.75. The van der Waals surface area contributed by atoms with E-state index in [1.807, 2.05) is 0 Å². The summed E-state index contributed by atoms with van der Waals surface area (Å²) in [4.78, 5) is 0. The maximum Gasteiger partial charge on any atom is 0.0792 e. The molecule has 0 saturated heterocycles. The van der Waals surface area contributed by atoms with E-state index >= 15 is 0 Å². The largest absolute Gasteiger partial charge is 1.00 e. The Balaban J connectivity index is 0. The molecule has 0 radical (unpaired) electrons. The average Bonchev–Trinajstić information content (AvgIpc) is 2.41. The SMILES string of the molecule is CCCCCCCC[N+](C)(CCCBr)CCCCC.[Br-]. The molecule has 0 aliphatic rings. The van der Waals surface area contributed by atoms with Gasteiger partial charge < -0.3 is 21.5 Å². The Morgan fingerprint density at radius 2 is 1.05 bits per heavy atom. The summed E-state index contributed by atoms with van der Waals surface area (Å²) in [5.41, 5.74) is 0. The molecular weight excluding hydrogens is 378 g/mol. The molecule has 0 spiro atoms. The molecule has 1 nitrogen and oxygen atoms in total. The third-order valence-electron chi connectivity index (χ3n) is 4.18. The van der Waals surface area contributed by atoms with Crippen LogP contribution in [0.2, 0.25) is 0 Å². The first-order valence-electron chi connectivity index (χ1n) is 8.58. The Morgan fingerprint density at radius 1 is 0.650 bits per heavy atom. The topological polar surface area (TPSA) is 0 Å². The van der Waals surface area contributed by atoms with E-state index in [1.165, 1.54) is 88.3 Å². The lowest BCUT2D eigenvalue weighted by Crippen LogP contribution is -3.00. The lowest BCUT2D eigenvalue weighted by molar-refractivity contribution is -0.910. The van der Waals surface area contributed by atoms with Crippen molar-refractivity contribution >= 4 is 15.9 Å². The molecule has 0 aliphatic carbocycles. The fourth-order valence-electron chi connectivity index (χ4n) is 2.79. The van der Waals surface area contributed by atoms with Crippen LogP contribution in [0.4, 0.5) is 0 Å². The maximum absolute atomic E-state index is 3.58. The van der Waals surface area contributed by atoms with Gasteiger partial charge in [0.05, 0.1) is 26.7 Å². The fourth-order valence-corrected chi connectivity index (χ4v) is 3.05. The number of hydrogen-bond donors (Lipinski definition) is 0. The number of halogens is 2. The summed E-state index contributed by atoms with van der Waals surface area (Å²) in [7, 11) is 2.48. The van der Waals surface area contributed by atoms with Gasteiger partial charge in [-0.1, -0.05) is 61.9 Å². The lowest BCUT2D eigenvalue weighted by atomic mass is 10.1. The van der Waals surface area contributed by atoms with Gasteiger partial charge in [-0.2, -0.15) is 0 Å². The Labute approximate surface area is 147 Å². The molecule has 0 aliphatic heterocycles. The van der Waals surface area contributed by atoms with E-state index in [4.69, 9.17) is 0 Å². The predicted molar refractivity (Wildman–Crippen MR) is 92.1 cm³/mol. The minimum absolute atomic E-state index is 0. The molecule has 0 heterocycles. The van der Waals surface area contributed by atoms with Crippen LogP contribution < -0.4 is 17.0 Å². The Morgan fingerprint density at radius 3 is 1.60 bits per heavy atom. The average molecular weight is 415 g/mol. The van der Waals surface area contributed by atoms with Gasteiger partial charge in [-0.3, -0.25) is 0 Å². The van der Waals surface area contributed by atoms with E-state index in [0.717, 1.165) is 5.33 Å². The molecule has 0 fully saturated rings. The molecule has 0 N–H and O–H groups in total. The van der Waals surface area contributed by atoms with Gasteiger partial charge in [-0.05, 0) is 25.7 Å². The molecular formula is C17H37Br2N. The van der Waals surface area contributed by atoms with Crippen molar-refractivity contribution in [3.05, 3.63) is 0 Å². The second-order valence-electron chi connectivity index (χ2n) is 6.31. The van der Waals surface area contributed by atoms with Crippen LogP contribution in [0.15, 0.2) is 0 Å². The highest BCUT2D eigenvalue weighted by Gasteiger charge is 2.19. The zero-order valence-electron chi connectivity index (χ0n) is 14.1. The zero-order chi connectivity index (χ0) is 14.4.